The third kappa shape index (κ3) is 8.57. The normalized spacial score (nSPS) is 11.1. The Balaban J connectivity index is 0.00000112. The molecule has 1 amide bonds. The molecule has 0 spiro atoms. The van der Waals surface area contributed by atoms with Gasteiger partial charge in [0, 0.05) is 31.6 Å². The Morgan fingerprint density at radius 3 is 2.22 bits per heavy atom. The lowest BCUT2D eigenvalue weighted by Crippen LogP contribution is -2.41. The number of nitrogen functional groups attached to an aromatic ring is 2. The van der Waals surface area contributed by atoms with Gasteiger partial charge in [-0.25, -0.2) is 14.8 Å². The van der Waals surface area contributed by atoms with E-state index in [1.807, 2.05) is 11.9 Å². The summed E-state index contributed by atoms with van der Waals surface area (Å²) in [7, 11) is 1.82. The van der Waals surface area contributed by atoms with Gasteiger partial charge in [-0.05, 0) is 30.7 Å². The van der Waals surface area contributed by atoms with E-state index < -0.39 is 29.9 Å². The highest BCUT2D eigenvalue weighted by Gasteiger charge is 2.21. The summed E-state index contributed by atoms with van der Waals surface area (Å²) in [6.45, 7) is 1.45. The number of anilines is 3. The third-order valence-corrected chi connectivity index (χ3v) is 4.72. The first-order valence-corrected chi connectivity index (χ1v) is 10.7. The van der Waals surface area contributed by atoms with Crippen molar-refractivity contribution >= 4 is 52.4 Å². The summed E-state index contributed by atoms with van der Waals surface area (Å²) >= 11 is 0. The lowest BCUT2D eigenvalue weighted by atomic mass is 10.1. The smallest absolute Gasteiger partial charge is 0.326 e. The topological polar surface area (TPSA) is 248 Å². The molecule has 37 heavy (non-hydrogen) atoms. The van der Waals surface area contributed by atoms with Gasteiger partial charge in [0.2, 0.25) is 5.95 Å². The van der Waals surface area contributed by atoms with Crippen LogP contribution < -0.4 is 21.7 Å². The number of hydrogen-bond donors (Lipinski definition) is 6. The maximum Gasteiger partial charge on any atom is 0.326 e. The molecule has 15 heteroatoms. The Kier molecular flexibility index (Phi) is 9.57. The van der Waals surface area contributed by atoms with E-state index in [1.165, 1.54) is 12.1 Å². The molecule has 0 bridgehead atoms. The summed E-state index contributed by atoms with van der Waals surface area (Å²) < 4.78 is 0. The zero-order valence-corrected chi connectivity index (χ0v) is 20.0. The van der Waals surface area contributed by atoms with Gasteiger partial charge in [-0.3, -0.25) is 14.4 Å². The molecule has 3 aromatic rings. The highest BCUT2D eigenvalue weighted by Crippen LogP contribution is 2.19. The minimum absolute atomic E-state index is 0.0138. The number of aromatic nitrogens is 4. The van der Waals surface area contributed by atoms with Crippen LogP contribution in [0.2, 0.25) is 0 Å². The lowest BCUT2D eigenvalue weighted by molar-refractivity contribution is -0.140. The van der Waals surface area contributed by atoms with E-state index in [4.69, 9.17) is 26.5 Å². The zero-order valence-electron chi connectivity index (χ0n) is 20.0. The summed E-state index contributed by atoms with van der Waals surface area (Å²) in [6.07, 6.45) is 0.964. The van der Waals surface area contributed by atoms with Gasteiger partial charge in [-0.2, -0.15) is 9.97 Å². The Morgan fingerprint density at radius 2 is 1.65 bits per heavy atom. The summed E-state index contributed by atoms with van der Waals surface area (Å²) in [5, 5.41) is 27.7. The van der Waals surface area contributed by atoms with E-state index in [-0.39, 0.29) is 30.2 Å². The van der Waals surface area contributed by atoms with Crippen molar-refractivity contribution in [2.45, 2.75) is 32.4 Å². The number of carbonyl (C=O) groups excluding carboxylic acids is 1. The zero-order chi connectivity index (χ0) is 27.7. The number of carbonyl (C=O) groups is 4. The molecule has 1 unspecified atom stereocenters. The molecule has 0 saturated heterocycles. The van der Waals surface area contributed by atoms with Crippen LogP contribution in [0.1, 0.15) is 35.8 Å². The molecule has 196 valence electrons. The van der Waals surface area contributed by atoms with Crippen LogP contribution in [0.4, 0.5) is 17.5 Å². The molecule has 0 aliphatic heterocycles. The quantitative estimate of drug-likeness (QED) is 0.226. The number of carboxylic acids is 3. The number of hydrogen-bond acceptors (Lipinski definition) is 11. The Morgan fingerprint density at radius 1 is 1.03 bits per heavy atom. The molecule has 8 N–H and O–H groups in total. The van der Waals surface area contributed by atoms with E-state index in [0.717, 1.165) is 12.6 Å². The Labute approximate surface area is 210 Å². The average molecular weight is 514 g/mol. The molecule has 1 atom stereocenters. The summed E-state index contributed by atoms with van der Waals surface area (Å²) in [4.78, 5) is 61.7. The largest absolute Gasteiger partial charge is 0.481 e. The van der Waals surface area contributed by atoms with Gasteiger partial charge in [-0.15, -0.1) is 0 Å². The van der Waals surface area contributed by atoms with Crippen LogP contribution >= 0.6 is 0 Å². The van der Waals surface area contributed by atoms with Gasteiger partial charge < -0.3 is 37.0 Å². The van der Waals surface area contributed by atoms with E-state index in [0.29, 0.717) is 23.4 Å². The third-order valence-electron chi connectivity index (χ3n) is 4.72. The number of nitrogens with zero attached hydrogens (tertiary/aromatic N) is 5. The van der Waals surface area contributed by atoms with Gasteiger partial charge in [-0.1, -0.05) is 0 Å². The molecular formula is C22H26N8O7. The number of rotatable bonds is 9. The highest BCUT2D eigenvalue weighted by molar-refractivity contribution is 5.97. The van der Waals surface area contributed by atoms with Gasteiger partial charge >= 0.3 is 11.9 Å². The minimum atomic E-state index is -1.30. The van der Waals surface area contributed by atoms with Gasteiger partial charge in [0.1, 0.15) is 6.04 Å². The van der Waals surface area contributed by atoms with E-state index in [1.54, 1.807) is 18.3 Å². The van der Waals surface area contributed by atoms with Crippen molar-refractivity contribution in [2.24, 2.45) is 0 Å². The molecular weight excluding hydrogens is 488 g/mol. The fraction of sp³-hybridized carbons (Fsp3) is 0.273. The SMILES string of the molecule is CC(=O)O.CN(Cc1cnc2nc(N)nc(N)c2n1)c1ccc(C(=O)NC(CCC(=O)O)C(=O)O)cc1. The second-order valence-corrected chi connectivity index (χ2v) is 7.72. The Bertz CT molecular complexity index is 1300. The number of aliphatic carboxylic acids is 3. The van der Waals surface area contributed by atoms with Crippen LogP contribution in [0.25, 0.3) is 11.2 Å². The number of carboxylic acid groups (broad SMARTS) is 3. The van der Waals surface area contributed by atoms with Gasteiger partial charge in [0.15, 0.2) is 17.0 Å². The standard InChI is InChI=1S/C20H22N8O5.C2H4O2/c1-28(9-11-8-23-17-15(24-11)16(21)26-20(22)27-17)12-4-2-10(3-5-12)18(31)25-13(19(32)33)6-7-14(29)30;1-2(3)4/h2-5,8,13H,6-7,9H2,1H3,(H,25,31)(H,29,30)(H,32,33)(H4,21,22,23,26,27);1H3,(H,3,4). The molecule has 0 saturated carbocycles. The molecule has 0 aliphatic rings. The average Bonchev–Trinajstić information content (AvgIpc) is 2.81. The number of nitrogens with two attached hydrogens (primary N) is 2. The molecule has 0 fully saturated rings. The summed E-state index contributed by atoms with van der Waals surface area (Å²) in [6, 6.07) is 5.16. The summed E-state index contributed by atoms with van der Waals surface area (Å²) in [5.74, 6) is -3.74. The lowest BCUT2D eigenvalue weighted by Gasteiger charge is -2.19. The fourth-order valence-corrected chi connectivity index (χ4v) is 3.03. The van der Waals surface area contributed by atoms with Crippen molar-refractivity contribution in [1.82, 2.24) is 25.3 Å². The number of fused-ring (bicyclic) bond motifs is 1. The van der Waals surface area contributed by atoms with Crippen LogP contribution in [0.5, 0.6) is 0 Å². The first-order valence-electron chi connectivity index (χ1n) is 10.7. The predicted molar refractivity (Wildman–Crippen MR) is 132 cm³/mol. The van der Waals surface area contributed by atoms with Gasteiger partial charge in [0.05, 0.1) is 18.4 Å². The fourth-order valence-electron chi connectivity index (χ4n) is 3.03. The van der Waals surface area contributed by atoms with E-state index in [2.05, 4.69) is 25.3 Å². The maximum atomic E-state index is 12.4. The second kappa shape index (κ2) is 12.6. The Hall–Kier alpha value is -5.08. The van der Waals surface area contributed by atoms with Crippen LogP contribution in [-0.2, 0) is 20.9 Å². The number of amides is 1. The first-order chi connectivity index (χ1) is 17.4. The maximum absolute atomic E-state index is 12.4. The van der Waals surface area contributed by atoms with Crippen molar-refractivity contribution in [3.05, 3.63) is 41.7 Å². The van der Waals surface area contributed by atoms with Crippen molar-refractivity contribution < 1.29 is 34.5 Å². The molecule has 2 heterocycles. The van der Waals surface area contributed by atoms with Gasteiger partial charge in [0.25, 0.3) is 11.9 Å². The molecule has 0 aliphatic carbocycles. The first kappa shape index (κ1) is 28.2. The van der Waals surface area contributed by atoms with Crippen LogP contribution in [0.3, 0.4) is 0 Å². The monoisotopic (exact) mass is 514 g/mol. The minimum Gasteiger partial charge on any atom is -0.481 e. The second-order valence-electron chi connectivity index (χ2n) is 7.72. The van der Waals surface area contributed by atoms with Crippen molar-refractivity contribution in [3.63, 3.8) is 0 Å². The van der Waals surface area contributed by atoms with Crippen molar-refractivity contribution in [2.75, 3.05) is 23.4 Å². The number of nitrogens with one attached hydrogen (secondary N) is 1. The van der Waals surface area contributed by atoms with Crippen LogP contribution in [0, 0.1) is 0 Å². The highest BCUT2D eigenvalue weighted by atomic mass is 16.4. The van der Waals surface area contributed by atoms with Crippen molar-refractivity contribution in [3.8, 4) is 0 Å². The predicted octanol–water partition coefficient (Wildman–Crippen LogP) is 0.359. The molecule has 0 radical (unpaired) electrons. The van der Waals surface area contributed by atoms with E-state index in [9.17, 15) is 19.5 Å². The van der Waals surface area contributed by atoms with Crippen LogP contribution in [0.15, 0.2) is 30.5 Å². The summed E-state index contributed by atoms with van der Waals surface area (Å²) in [5.41, 5.74) is 13.7. The molecule has 15 nitrogen and oxygen atoms in total. The van der Waals surface area contributed by atoms with Crippen LogP contribution in [-0.4, -0.2) is 72.2 Å². The molecule has 1 aromatic carbocycles. The van der Waals surface area contributed by atoms with E-state index >= 15 is 0 Å². The molecule has 2 aromatic heterocycles. The molecule has 3 rings (SSSR count). The number of benzene rings is 1. The van der Waals surface area contributed by atoms with Crippen molar-refractivity contribution in [1.29, 1.82) is 0 Å².